The third-order valence-electron chi connectivity index (χ3n) is 11.5. The van der Waals surface area contributed by atoms with E-state index in [9.17, 15) is 37.9 Å². The topological polar surface area (TPSA) is 203 Å². The number of thiocarbonyl (C=S) groups is 1. The Kier molecular flexibility index (Phi) is 14.2. The summed E-state index contributed by atoms with van der Waals surface area (Å²) in [5.74, 6) is -2.24. The first-order valence-corrected chi connectivity index (χ1v) is 22.0. The monoisotopic (exact) mass is 956 g/mol. The van der Waals surface area contributed by atoms with Crippen molar-refractivity contribution in [3.8, 4) is 34.3 Å². The molecule has 356 valence electrons. The van der Waals surface area contributed by atoms with Gasteiger partial charge in [0.25, 0.3) is 5.91 Å². The van der Waals surface area contributed by atoms with Crippen LogP contribution >= 0.6 is 12.2 Å². The zero-order valence-corrected chi connectivity index (χ0v) is 38.5. The zero-order valence-electron chi connectivity index (χ0n) is 37.7. The smallest absolute Gasteiger partial charge is 0.420 e. The fraction of sp³-hybridized carbons (Fsp3) is 0.383. The number of aliphatic hydroxyl groups excluding tert-OH is 1. The van der Waals surface area contributed by atoms with Gasteiger partial charge in [-0.25, -0.2) is 19.3 Å². The average molecular weight is 957 g/mol. The largest absolute Gasteiger partial charge is 0.494 e. The Hall–Kier alpha value is -6.89. The summed E-state index contributed by atoms with van der Waals surface area (Å²) in [5, 5.41) is 22.4. The first kappa shape index (κ1) is 49.0. The number of nitrogens with zero attached hydrogens (tertiary/aromatic N) is 8. The van der Waals surface area contributed by atoms with E-state index in [0.29, 0.717) is 58.6 Å². The molecule has 3 N–H and O–H groups in total. The van der Waals surface area contributed by atoms with Gasteiger partial charge in [-0.1, -0.05) is 20.8 Å². The summed E-state index contributed by atoms with van der Waals surface area (Å²) in [6, 6.07) is 12.1. The molecule has 3 aromatic heterocycles. The molecule has 2 aromatic carbocycles. The molecule has 68 heavy (non-hydrogen) atoms. The summed E-state index contributed by atoms with van der Waals surface area (Å²) < 4.78 is 68.2. The van der Waals surface area contributed by atoms with E-state index < -0.39 is 69.8 Å². The van der Waals surface area contributed by atoms with Gasteiger partial charge in [-0.2, -0.15) is 18.4 Å². The number of aromatic amines is 1. The van der Waals surface area contributed by atoms with Crippen molar-refractivity contribution >= 4 is 46.4 Å². The van der Waals surface area contributed by atoms with Crippen LogP contribution in [0.2, 0.25) is 0 Å². The Morgan fingerprint density at radius 2 is 1.72 bits per heavy atom. The first-order valence-electron chi connectivity index (χ1n) is 21.5. The molecule has 2 aliphatic rings. The fourth-order valence-electron chi connectivity index (χ4n) is 8.04. The summed E-state index contributed by atoms with van der Waals surface area (Å²) in [4.78, 5) is 64.6. The summed E-state index contributed by atoms with van der Waals surface area (Å²) in [5.41, 5.74) is -2.60. The maximum Gasteiger partial charge on any atom is 0.420 e. The second kappa shape index (κ2) is 19.8. The van der Waals surface area contributed by atoms with E-state index in [1.807, 2.05) is 20.8 Å². The number of aromatic nitrogens is 5. The molecule has 5 heterocycles. The third-order valence-corrected chi connectivity index (χ3v) is 11.9. The molecule has 2 fully saturated rings. The van der Waals surface area contributed by atoms with Crippen LogP contribution in [0.15, 0.2) is 79.6 Å². The van der Waals surface area contributed by atoms with E-state index in [-0.39, 0.29) is 37.2 Å². The van der Waals surface area contributed by atoms with Crippen molar-refractivity contribution in [2.24, 2.45) is 5.41 Å². The molecule has 5 aromatic rings. The molecule has 2 saturated heterocycles. The second-order valence-corrected chi connectivity index (χ2v) is 18.2. The van der Waals surface area contributed by atoms with Gasteiger partial charge < -0.3 is 34.7 Å². The van der Waals surface area contributed by atoms with Crippen LogP contribution in [0.3, 0.4) is 0 Å². The molecule has 3 atom stereocenters. The van der Waals surface area contributed by atoms with Crippen LogP contribution in [0, 0.1) is 22.6 Å². The highest BCUT2D eigenvalue weighted by Gasteiger charge is 2.52. The Morgan fingerprint density at radius 1 is 1.01 bits per heavy atom. The van der Waals surface area contributed by atoms with Gasteiger partial charge in [-0.05, 0) is 92.9 Å². The first-order chi connectivity index (χ1) is 32.2. The SMILES string of the molecule is CC(C)(C)[C@H](NC(=O)COCCCCOc1ccc(-c2ccc(N3C(=S)N(c4ccc(C#N)c(C(F)(F)F)c4F)C(=O)C3(C)C)cn2)cc1)C(=O)N1C[C@H](O)C[C@H]1c1nc(-c2cncnc2)c[nH]1. The molecule has 21 heteroatoms. The summed E-state index contributed by atoms with van der Waals surface area (Å²) in [6.45, 7) is 9.03. The Labute approximate surface area is 394 Å². The number of nitrogens with one attached hydrogen (secondary N) is 2. The number of carbonyl (C=O) groups excluding carboxylic acids is 3. The lowest BCUT2D eigenvalue weighted by molar-refractivity contribution is -0.141. The number of nitriles is 1. The molecule has 0 aliphatic carbocycles. The number of alkyl halides is 3. The molecule has 16 nitrogen and oxygen atoms in total. The predicted octanol–water partition coefficient (Wildman–Crippen LogP) is 6.92. The summed E-state index contributed by atoms with van der Waals surface area (Å²) in [6.07, 6.45) is 3.35. The van der Waals surface area contributed by atoms with E-state index in [1.54, 1.807) is 59.9 Å². The molecular formula is C47H48F4N10O6S. The van der Waals surface area contributed by atoms with E-state index in [2.05, 4.69) is 30.2 Å². The van der Waals surface area contributed by atoms with Crippen LogP contribution < -0.4 is 19.9 Å². The van der Waals surface area contributed by atoms with Gasteiger partial charge in [0.2, 0.25) is 11.8 Å². The standard InChI is InChI=1S/C47H48F4N10O6S/c1-45(2,3)40(42(64)59-24-31(62)18-36(59)41-56-23-34(57-41)29-20-53-26-54-21-29)58-37(63)25-66-16-6-7-17-67-32-12-8-27(9-13-32)33-14-11-30(22-55-33)61-44(68)60(43(65)46(61,4)5)35-15-10-28(19-52)38(39(35)48)47(49,50)51/h8-15,20-23,26,31,36,40,62H,6-7,16-18,24-25H2,1-5H3,(H,56,57)(H,58,63)/t31-,36+,40-/m1/s1. The number of β-amino-alcohol motifs (C(OH)–C–C–N with tert-alkyl or cyclic N) is 1. The molecule has 0 saturated carbocycles. The Balaban J connectivity index is 0.869. The number of likely N-dealkylation sites (tertiary alicyclic amines) is 1. The number of pyridine rings is 1. The van der Waals surface area contributed by atoms with E-state index in [0.717, 1.165) is 17.7 Å². The Bertz CT molecular complexity index is 2710. The van der Waals surface area contributed by atoms with Gasteiger partial charge in [0, 0.05) is 49.3 Å². The lowest BCUT2D eigenvalue weighted by Crippen LogP contribution is -2.55. The molecule has 2 aliphatic heterocycles. The number of halogens is 4. The third kappa shape index (κ3) is 10.3. The van der Waals surface area contributed by atoms with Crippen molar-refractivity contribution in [3.63, 3.8) is 0 Å². The number of benzene rings is 2. The minimum atomic E-state index is -5.20. The lowest BCUT2D eigenvalue weighted by atomic mass is 9.85. The van der Waals surface area contributed by atoms with E-state index in [1.165, 1.54) is 37.3 Å². The Morgan fingerprint density at radius 3 is 2.37 bits per heavy atom. The number of hydrogen-bond donors (Lipinski definition) is 3. The predicted molar refractivity (Wildman–Crippen MR) is 244 cm³/mol. The van der Waals surface area contributed by atoms with Crippen molar-refractivity contribution < 1.29 is 46.5 Å². The average Bonchev–Trinajstić information content (AvgIpc) is 3.99. The molecule has 0 bridgehead atoms. The van der Waals surface area contributed by atoms with Crippen molar-refractivity contribution in [2.45, 2.75) is 83.8 Å². The highest BCUT2D eigenvalue weighted by Crippen LogP contribution is 2.42. The number of unbranched alkanes of at least 4 members (excludes halogenated alkanes) is 1. The van der Waals surface area contributed by atoms with Gasteiger partial charge in [0.15, 0.2) is 10.9 Å². The zero-order chi connectivity index (χ0) is 49.1. The highest BCUT2D eigenvalue weighted by atomic mass is 32.1. The normalized spacial score (nSPS) is 17.6. The molecule has 3 amide bonds. The fourth-order valence-corrected chi connectivity index (χ4v) is 8.56. The number of aliphatic hydroxyl groups is 1. The number of H-pyrrole nitrogens is 1. The number of hydrogen-bond acceptors (Lipinski definition) is 12. The van der Waals surface area contributed by atoms with Crippen molar-refractivity contribution in [2.75, 3.05) is 36.2 Å². The van der Waals surface area contributed by atoms with Crippen LogP contribution in [0.25, 0.3) is 22.5 Å². The molecule has 7 rings (SSSR count). The number of anilines is 2. The van der Waals surface area contributed by atoms with Gasteiger partial charge >= 0.3 is 6.18 Å². The van der Waals surface area contributed by atoms with Gasteiger partial charge in [0.05, 0.1) is 59.3 Å². The quantitative estimate of drug-likeness (QED) is 0.0555. The minimum absolute atomic E-state index is 0.0863. The summed E-state index contributed by atoms with van der Waals surface area (Å²) >= 11 is 5.53. The maximum absolute atomic E-state index is 15.4. The van der Waals surface area contributed by atoms with Crippen molar-refractivity contribution in [1.29, 1.82) is 5.26 Å². The molecule has 0 spiro atoms. The molecule has 0 radical (unpaired) electrons. The van der Waals surface area contributed by atoms with Gasteiger partial charge in [0.1, 0.15) is 41.7 Å². The van der Waals surface area contributed by atoms with Crippen molar-refractivity contribution in [3.05, 3.63) is 102 Å². The molecular weight excluding hydrogens is 909 g/mol. The number of rotatable bonds is 15. The van der Waals surface area contributed by atoms with Crippen molar-refractivity contribution in [1.82, 2.24) is 35.1 Å². The highest BCUT2D eigenvalue weighted by molar-refractivity contribution is 7.81. The number of ether oxygens (including phenoxy) is 2. The van der Waals surface area contributed by atoms with E-state index in [4.69, 9.17) is 21.7 Å². The van der Waals surface area contributed by atoms with Gasteiger partial charge in [-0.15, -0.1) is 0 Å². The summed E-state index contributed by atoms with van der Waals surface area (Å²) in [7, 11) is 0. The number of amides is 3. The number of imidazole rings is 1. The number of carbonyl (C=O) groups is 3. The maximum atomic E-state index is 15.4. The minimum Gasteiger partial charge on any atom is -0.494 e. The van der Waals surface area contributed by atoms with Crippen LogP contribution in [-0.4, -0.2) is 102 Å². The lowest BCUT2D eigenvalue weighted by Gasteiger charge is -2.35. The van der Waals surface area contributed by atoms with Crippen LogP contribution in [0.4, 0.5) is 28.9 Å². The molecule has 0 unspecified atom stereocenters. The van der Waals surface area contributed by atoms with Crippen LogP contribution in [-0.2, 0) is 25.3 Å². The van der Waals surface area contributed by atoms with Crippen LogP contribution in [0.1, 0.15) is 76.9 Å². The second-order valence-electron chi connectivity index (χ2n) is 17.8. The van der Waals surface area contributed by atoms with Gasteiger partial charge in [-0.3, -0.25) is 24.3 Å². The van der Waals surface area contributed by atoms with Crippen LogP contribution in [0.5, 0.6) is 5.75 Å². The van der Waals surface area contributed by atoms with E-state index >= 15 is 4.39 Å².